The molecule has 0 fully saturated rings. The van der Waals surface area contributed by atoms with Crippen LogP contribution >= 0.6 is 0 Å². The largest absolute Gasteiger partial charge is 0.371 e. The third-order valence-electron chi connectivity index (χ3n) is 3.22. The summed E-state index contributed by atoms with van der Waals surface area (Å²) >= 11 is 0. The first-order valence-electron chi connectivity index (χ1n) is 6.54. The summed E-state index contributed by atoms with van der Waals surface area (Å²) in [6.45, 7) is 0.368. The highest BCUT2D eigenvalue weighted by Gasteiger charge is 2.13. The summed E-state index contributed by atoms with van der Waals surface area (Å²) in [6, 6.07) is 6.68. The van der Waals surface area contributed by atoms with Crippen molar-refractivity contribution in [1.82, 2.24) is 19.5 Å². The van der Waals surface area contributed by atoms with Gasteiger partial charge < -0.3 is 15.2 Å². The number of anilines is 2. The number of benzene rings is 1. The molecular weight excluding hydrogens is 271 g/mol. The predicted octanol–water partition coefficient (Wildman–Crippen LogP) is 2.10. The molecular formula is C14H15FN6. The Labute approximate surface area is 121 Å². The van der Waals surface area contributed by atoms with E-state index in [9.17, 15) is 4.39 Å². The van der Waals surface area contributed by atoms with E-state index >= 15 is 0 Å². The zero-order valence-corrected chi connectivity index (χ0v) is 11.8. The van der Waals surface area contributed by atoms with Crippen molar-refractivity contribution in [3.8, 4) is 0 Å². The van der Waals surface area contributed by atoms with Crippen molar-refractivity contribution in [1.29, 1.82) is 0 Å². The van der Waals surface area contributed by atoms with Gasteiger partial charge in [-0.25, -0.2) is 9.37 Å². The summed E-state index contributed by atoms with van der Waals surface area (Å²) in [4.78, 5) is 13.0. The van der Waals surface area contributed by atoms with Gasteiger partial charge in [-0.3, -0.25) is 0 Å². The van der Waals surface area contributed by atoms with Crippen LogP contribution in [0.15, 0.2) is 30.6 Å². The summed E-state index contributed by atoms with van der Waals surface area (Å²) < 4.78 is 15.6. The topological polar surface area (TPSA) is 67.7 Å². The first-order chi connectivity index (χ1) is 10.2. The van der Waals surface area contributed by atoms with Gasteiger partial charge in [0.1, 0.15) is 5.82 Å². The van der Waals surface area contributed by atoms with Crippen LogP contribution < -0.4 is 10.6 Å². The Morgan fingerprint density at radius 1 is 1.14 bits per heavy atom. The number of hydrogen-bond acceptors (Lipinski definition) is 5. The van der Waals surface area contributed by atoms with Crippen LogP contribution in [0.1, 0.15) is 5.56 Å². The molecule has 2 heterocycles. The monoisotopic (exact) mass is 286 g/mol. The number of hydrogen-bond donors (Lipinski definition) is 2. The van der Waals surface area contributed by atoms with E-state index in [4.69, 9.17) is 0 Å². The number of nitrogens with one attached hydrogen (secondary N) is 2. The molecule has 0 atom stereocenters. The van der Waals surface area contributed by atoms with E-state index in [1.54, 1.807) is 37.1 Å². The van der Waals surface area contributed by atoms with E-state index in [1.807, 2.05) is 6.07 Å². The minimum atomic E-state index is -0.240. The van der Waals surface area contributed by atoms with E-state index in [0.717, 1.165) is 0 Å². The molecule has 0 saturated heterocycles. The fourth-order valence-corrected chi connectivity index (χ4v) is 2.16. The Morgan fingerprint density at radius 3 is 2.67 bits per heavy atom. The predicted molar refractivity (Wildman–Crippen MR) is 79.9 cm³/mol. The lowest BCUT2D eigenvalue weighted by atomic mass is 10.2. The van der Waals surface area contributed by atoms with Crippen molar-refractivity contribution < 1.29 is 4.39 Å². The van der Waals surface area contributed by atoms with Gasteiger partial charge in [0.05, 0.1) is 12.9 Å². The molecule has 0 aliphatic carbocycles. The first-order valence-corrected chi connectivity index (χ1v) is 6.54. The highest BCUT2D eigenvalue weighted by atomic mass is 19.1. The van der Waals surface area contributed by atoms with E-state index in [1.165, 1.54) is 6.07 Å². The van der Waals surface area contributed by atoms with Crippen LogP contribution in [-0.4, -0.2) is 33.6 Å². The molecule has 7 heteroatoms. The minimum Gasteiger partial charge on any atom is -0.371 e. The molecule has 0 spiro atoms. The van der Waals surface area contributed by atoms with Crippen molar-refractivity contribution in [2.45, 2.75) is 6.54 Å². The highest BCUT2D eigenvalue weighted by Crippen LogP contribution is 2.21. The van der Waals surface area contributed by atoms with E-state index < -0.39 is 0 Å². The lowest BCUT2D eigenvalue weighted by Gasteiger charge is -2.07. The molecule has 21 heavy (non-hydrogen) atoms. The lowest BCUT2D eigenvalue weighted by Crippen LogP contribution is -2.05. The molecule has 0 bridgehead atoms. The van der Waals surface area contributed by atoms with Crippen LogP contribution in [0, 0.1) is 5.82 Å². The van der Waals surface area contributed by atoms with Gasteiger partial charge in [-0.05, 0) is 6.07 Å². The molecule has 0 unspecified atom stereocenters. The maximum absolute atomic E-state index is 13.8. The average molecular weight is 286 g/mol. The van der Waals surface area contributed by atoms with Gasteiger partial charge in [0.15, 0.2) is 17.0 Å². The molecule has 0 aliphatic heterocycles. The number of rotatable bonds is 4. The molecule has 2 N–H and O–H groups in total. The summed E-state index contributed by atoms with van der Waals surface area (Å²) in [5.74, 6) is 0.884. The van der Waals surface area contributed by atoms with Gasteiger partial charge in [-0.2, -0.15) is 9.97 Å². The van der Waals surface area contributed by atoms with Gasteiger partial charge in [-0.1, -0.05) is 18.2 Å². The summed E-state index contributed by atoms with van der Waals surface area (Å²) in [5.41, 5.74) is 1.90. The van der Waals surface area contributed by atoms with E-state index in [-0.39, 0.29) is 5.82 Å². The van der Waals surface area contributed by atoms with E-state index in [0.29, 0.717) is 35.0 Å². The minimum absolute atomic E-state index is 0.240. The Kier molecular flexibility index (Phi) is 3.39. The Morgan fingerprint density at radius 2 is 1.95 bits per heavy atom. The van der Waals surface area contributed by atoms with Crippen LogP contribution in [0.5, 0.6) is 0 Å². The second kappa shape index (κ2) is 5.35. The maximum Gasteiger partial charge on any atom is 0.226 e. The molecule has 3 rings (SSSR count). The quantitative estimate of drug-likeness (QED) is 0.768. The number of imidazole rings is 1. The summed E-state index contributed by atoms with van der Waals surface area (Å²) in [6.07, 6.45) is 1.64. The van der Waals surface area contributed by atoms with Gasteiger partial charge >= 0.3 is 0 Å². The van der Waals surface area contributed by atoms with Crippen LogP contribution in [0.25, 0.3) is 11.2 Å². The summed E-state index contributed by atoms with van der Waals surface area (Å²) in [7, 11) is 3.52. The smallest absolute Gasteiger partial charge is 0.226 e. The third kappa shape index (κ3) is 2.37. The lowest BCUT2D eigenvalue weighted by molar-refractivity contribution is 0.601. The van der Waals surface area contributed by atoms with Crippen molar-refractivity contribution in [2.75, 3.05) is 24.7 Å². The number of aromatic nitrogens is 4. The van der Waals surface area contributed by atoms with Crippen molar-refractivity contribution in [3.05, 3.63) is 42.0 Å². The summed E-state index contributed by atoms with van der Waals surface area (Å²) in [5, 5.41) is 5.90. The zero-order chi connectivity index (χ0) is 14.8. The zero-order valence-electron chi connectivity index (χ0n) is 11.8. The standard InChI is InChI=1S/C14H15FN6/c1-16-12-11-13(20-14(17-2)19-12)21(8-18-11)7-9-5-3-4-6-10(9)15/h3-6,8H,7H2,1-2H3,(H2,16,17,19,20). The van der Waals surface area contributed by atoms with Crippen molar-refractivity contribution in [3.63, 3.8) is 0 Å². The molecule has 1 aromatic carbocycles. The van der Waals surface area contributed by atoms with Gasteiger partial charge in [0.25, 0.3) is 0 Å². The molecule has 108 valence electrons. The number of fused-ring (bicyclic) bond motifs is 1. The van der Waals surface area contributed by atoms with Crippen LogP contribution in [-0.2, 0) is 6.54 Å². The van der Waals surface area contributed by atoms with Crippen LogP contribution in [0.2, 0.25) is 0 Å². The van der Waals surface area contributed by atoms with E-state index in [2.05, 4.69) is 25.6 Å². The SMILES string of the molecule is CNc1nc(NC)c2ncn(Cc3ccccc3F)c2n1. The van der Waals surface area contributed by atoms with Crippen molar-refractivity contribution in [2.24, 2.45) is 0 Å². The molecule has 0 aliphatic rings. The fraction of sp³-hybridized carbons (Fsp3) is 0.214. The molecule has 2 aromatic heterocycles. The number of nitrogens with zero attached hydrogens (tertiary/aromatic N) is 4. The Hall–Kier alpha value is -2.70. The highest BCUT2D eigenvalue weighted by molar-refractivity contribution is 5.84. The Balaban J connectivity index is 2.09. The molecule has 0 amide bonds. The molecule has 6 nitrogen and oxygen atoms in total. The van der Waals surface area contributed by atoms with Crippen LogP contribution in [0.4, 0.5) is 16.2 Å². The fourth-order valence-electron chi connectivity index (χ4n) is 2.16. The normalized spacial score (nSPS) is 10.8. The van der Waals surface area contributed by atoms with Crippen LogP contribution in [0.3, 0.4) is 0 Å². The molecule has 0 radical (unpaired) electrons. The average Bonchev–Trinajstić information content (AvgIpc) is 2.91. The van der Waals surface area contributed by atoms with Crippen molar-refractivity contribution >= 4 is 22.9 Å². The first kappa shape index (κ1) is 13.3. The van der Waals surface area contributed by atoms with Gasteiger partial charge in [-0.15, -0.1) is 0 Å². The van der Waals surface area contributed by atoms with Gasteiger partial charge in [0.2, 0.25) is 5.95 Å². The molecule has 3 aromatic rings. The number of halogens is 1. The second-order valence-corrected chi connectivity index (χ2v) is 4.53. The third-order valence-corrected chi connectivity index (χ3v) is 3.22. The Bertz CT molecular complexity index is 782. The van der Waals surface area contributed by atoms with Gasteiger partial charge in [0, 0.05) is 19.7 Å². The molecule has 0 saturated carbocycles. The maximum atomic E-state index is 13.8. The second-order valence-electron chi connectivity index (χ2n) is 4.53.